The monoisotopic (exact) mass is 326 g/mol. The van der Waals surface area contributed by atoms with Crippen molar-refractivity contribution in [3.05, 3.63) is 33.8 Å². The van der Waals surface area contributed by atoms with Gasteiger partial charge in [-0.05, 0) is 49.6 Å². The molecule has 104 valence electrons. The highest BCUT2D eigenvalue weighted by Crippen LogP contribution is 2.24. The maximum absolute atomic E-state index is 11.3. The number of halogens is 1. The molecule has 5 heteroatoms. The number of carbonyl (C=O) groups excluding carboxylic acids is 1. The summed E-state index contributed by atoms with van der Waals surface area (Å²) in [4.78, 5) is 13.4. The molecule has 1 amide bonds. The van der Waals surface area contributed by atoms with E-state index in [4.69, 9.17) is 5.73 Å². The number of β-amino-alcohol motifs (C(OH)–C–C–N with tert-alkyl or cyclic N) is 1. The summed E-state index contributed by atoms with van der Waals surface area (Å²) in [7, 11) is 0. The largest absolute Gasteiger partial charge is 0.379 e. The Hall–Kier alpha value is -0.910. The molecule has 0 radical (unpaired) electrons. The van der Waals surface area contributed by atoms with Gasteiger partial charge in [0.1, 0.15) is 0 Å². The number of aryl methyl sites for hydroxylation is 1. The predicted molar refractivity (Wildman–Crippen MR) is 77.5 cm³/mol. The summed E-state index contributed by atoms with van der Waals surface area (Å²) in [5.41, 5.74) is 6.31. The van der Waals surface area contributed by atoms with Crippen molar-refractivity contribution >= 4 is 21.8 Å². The number of benzene rings is 1. The van der Waals surface area contributed by atoms with Crippen molar-refractivity contribution in [2.24, 2.45) is 5.73 Å². The highest BCUT2D eigenvalue weighted by Gasteiger charge is 2.38. The van der Waals surface area contributed by atoms with E-state index in [9.17, 15) is 9.90 Å². The van der Waals surface area contributed by atoms with Crippen LogP contribution in [0.2, 0.25) is 0 Å². The van der Waals surface area contributed by atoms with Gasteiger partial charge >= 0.3 is 0 Å². The van der Waals surface area contributed by atoms with Gasteiger partial charge in [-0.25, -0.2) is 0 Å². The number of carbonyl (C=O) groups is 1. The number of hydrogen-bond donors (Lipinski definition) is 2. The Balaban J connectivity index is 2.09. The van der Waals surface area contributed by atoms with Crippen LogP contribution in [-0.2, 0) is 11.3 Å². The summed E-state index contributed by atoms with van der Waals surface area (Å²) in [6.07, 6.45) is 1.24. The first-order valence-electron chi connectivity index (χ1n) is 6.40. The molecule has 1 fully saturated rings. The van der Waals surface area contributed by atoms with Crippen molar-refractivity contribution in [3.8, 4) is 0 Å². The molecule has 0 aliphatic carbocycles. The van der Waals surface area contributed by atoms with Gasteiger partial charge in [0.15, 0.2) is 5.60 Å². The maximum atomic E-state index is 11.3. The molecule has 4 nitrogen and oxygen atoms in total. The number of piperidine rings is 1. The van der Waals surface area contributed by atoms with E-state index in [1.165, 1.54) is 11.1 Å². The molecule has 1 aliphatic rings. The van der Waals surface area contributed by atoms with Crippen molar-refractivity contribution < 1.29 is 9.90 Å². The smallest absolute Gasteiger partial charge is 0.250 e. The Morgan fingerprint density at radius 2 is 2.32 bits per heavy atom. The zero-order chi connectivity index (χ0) is 14.0. The van der Waals surface area contributed by atoms with Crippen molar-refractivity contribution in [2.45, 2.75) is 31.9 Å². The van der Waals surface area contributed by atoms with E-state index in [0.717, 1.165) is 24.0 Å². The number of aliphatic hydroxyl groups is 1. The maximum Gasteiger partial charge on any atom is 0.250 e. The lowest BCUT2D eigenvalue weighted by Crippen LogP contribution is -2.55. The van der Waals surface area contributed by atoms with Crippen LogP contribution in [0, 0.1) is 6.92 Å². The second-order valence-corrected chi connectivity index (χ2v) is 6.20. The van der Waals surface area contributed by atoms with Gasteiger partial charge in [0.25, 0.3) is 5.91 Å². The molecule has 1 aromatic rings. The van der Waals surface area contributed by atoms with E-state index < -0.39 is 11.5 Å². The van der Waals surface area contributed by atoms with Gasteiger partial charge in [-0.15, -0.1) is 0 Å². The zero-order valence-electron chi connectivity index (χ0n) is 11.0. The molecule has 1 aromatic carbocycles. The molecular weight excluding hydrogens is 308 g/mol. The molecule has 0 bridgehead atoms. The van der Waals surface area contributed by atoms with Crippen molar-refractivity contribution in [3.63, 3.8) is 0 Å². The second kappa shape index (κ2) is 5.61. The van der Waals surface area contributed by atoms with Crippen LogP contribution in [0.5, 0.6) is 0 Å². The topological polar surface area (TPSA) is 66.6 Å². The van der Waals surface area contributed by atoms with E-state index in [1.54, 1.807) is 0 Å². The Morgan fingerprint density at radius 3 is 2.95 bits per heavy atom. The van der Waals surface area contributed by atoms with E-state index >= 15 is 0 Å². The lowest BCUT2D eigenvalue weighted by Gasteiger charge is -2.37. The first-order chi connectivity index (χ1) is 8.90. The SMILES string of the molecule is Cc1cc(Br)ccc1CN1CCC[C@@](O)(C(N)=O)C1. The average molecular weight is 327 g/mol. The van der Waals surface area contributed by atoms with E-state index in [2.05, 4.69) is 39.9 Å². The van der Waals surface area contributed by atoms with E-state index in [0.29, 0.717) is 13.0 Å². The second-order valence-electron chi connectivity index (χ2n) is 5.28. The van der Waals surface area contributed by atoms with Gasteiger partial charge in [-0.3, -0.25) is 9.69 Å². The van der Waals surface area contributed by atoms with Gasteiger partial charge < -0.3 is 10.8 Å². The lowest BCUT2D eigenvalue weighted by molar-refractivity contribution is -0.142. The molecule has 0 aromatic heterocycles. The van der Waals surface area contributed by atoms with Gasteiger partial charge in [-0.2, -0.15) is 0 Å². The summed E-state index contributed by atoms with van der Waals surface area (Å²) in [6.45, 7) is 3.99. The normalized spacial score (nSPS) is 24.4. The summed E-state index contributed by atoms with van der Waals surface area (Å²) >= 11 is 3.44. The molecule has 3 N–H and O–H groups in total. The van der Waals surface area contributed by atoms with Crippen LogP contribution in [0.25, 0.3) is 0 Å². The van der Waals surface area contributed by atoms with Gasteiger partial charge in [-0.1, -0.05) is 22.0 Å². The minimum Gasteiger partial charge on any atom is -0.379 e. The van der Waals surface area contributed by atoms with Crippen LogP contribution in [0.1, 0.15) is 24.0 Å². The van der Waals surface area contributed by atoms with Gasteiger partial charge in [0.05, 0.1) is 0 Å². The van der Waals surface area contributed by atoms with Crippen LogP contribution >= 0.6 is 15.9 Å². The number of nitrogens with two attached hydrogens (primary N) is 1. The summed E-state index contributed by atoms with van der Waals surface area (Å²) in [6, 6.07) is 6.14. The Kier molecular flexibility index (Phi) is 4.28. The highest BCUT2D eigenvalue weighted by molar-refractivity contribution is 9.10. The minimum absolute atomic E-state index is 0.317. The minimum atomic E-state index is -1.37. The zero-order valence-corrected chi connectivity index (χ0v) is 12.6. The fraction of sp³-hybridized carbons (Fsp3) is 0.500. The third-order valence-electron chi connectivity index (χ3n) is 3.71. The van der Waals surface area contributed by atoms with Crippen LogP contribution in [0.3, 0.4) is 0 Å². The van der Waals surface area contributed by atoms with E-state index in [1.807, 2.05) is 6.07 Å². The summed E-state index contributed by atoms with van der Waals surface area (Å²) < 4.78 is 1.06. The van der Waals surface area contributed by atoms with E-state index in [-0.39, 0.29) is 0 Å². The number of hydrogen-bond acceptors (Lipinski definition) is 3. The number of amides is 1. The van der Waals surface area contributed by atoms with Crippen molar-refractivity contribution in [1.29, 1.82) is 0 Å². The number of rotatable bonds is 3. The lowest BCUT2D eigenvalue weighted by atomic mass is 9.91. The number of primary amides is 1. The quantitative estimate of drug-likeness (QED) is 0.886. The van der Waals surface area contributed by atoms with Crippen LogP contribution in [0.4, 0.5) is 0 Å². The molecule has 1 saturated heterocycles. The molecule has 0 unspecified atom stereocenters. The summed E-state index contributed by atoms with van der Waals surface area (Å²) in [5.74, 6) is -0.621. The summed E-state index contributed by atoms with van der Waals surface area (Å²) in [5, 5.41) is 10.2. The fourth-order valence-corrected chi connectivity index (χ4v) is 3.01. The standard InChI is InChI=1S/C14H19BrN2O2/c1-10-7-12(15)4-3-11(10)8-17-6-2-5-14(19,9-17)13(16)18/h3-4,7,19H,2,5-6,8-9H2,1H3,(H2,16,18)/t14-/m0/s1. The molecule has 19 heavy (non-hydrogen) atoms. The molecule has 1 aliphatic heterocycles. The first kappa shape index (κ1) is 14.5. The number of likely N-dealkylation sites (tertiary alicyclic amines) is 1. The third kappa shape index (κ3) is 3.35. The van der Waals surface area contributed by atoms with Crippen LogP contribution in [-0.4, -0.2) is 34.6 Å². The van der Waals surface area contributed by atoms with Crippen molar-refractivity contribution in [2.75, 3.05) is 13.1 Å². The molecule has 0 saturated carbocycles. The Morgan fingerprint density at radius 1 is 1.58 bits per heavy atom. The van der Waals surface area contributed by atoms with Crippen molar-refractivity contribution in [1.82, 2.24) is 4.90 Å². The first-order valence-corrected chi connectivity index (χ1v) is 7.20. The van der Waals surface area contributed by atoms with Gasteiger partial charge in [0, 0.05) is 17.6 Å². The Bertz CT molecular complexity index is 492. The Labute approximate surface area is 121 Å². The molecule has 1 heterocycles. The third-order valence-corrected chi connectivity index (χ3v) is 4.20. The highest BCUT2D eigenvalue weighted by atomic mass is 79.9. The molecule has 0 spiro atoms. The predicted octanol–water partition coefficient (Wildman–Crippen LogP) is 1.57. The van der Waals surface area contributed by atoms with Gasteiger partial charge in [0.2, 0.25) is 0 Å². The van der Waals surface area contributed by atoms with Crippen LogP contribution in [0.15, 0.2) is 22.7 Å². The number of nitrogens with zero attached hydrogens (tertiary/aromatic N) is 1. The van der Waals surface area contributed by atoms with Crippen LogP contribution < -0.4 is 5.73 Å². The fourth-order valence-electron chi connectivity index (χ4n) is 2.54. The molecule has 1 atom stereocenters. The average Bonchev–Trinajstić information content (AvgIpc) is 2.33. The molecule has 2 rings (SSSR count). The molecular formula is C14H19BrN2O2.